The first-order valence-electron chi connectivity index (χ1n) is 8.62. The molecule has 2 aromatic carbocycles. The zero-order chi connectivity index (χ0) is 18.9. The summed E-state index contributed by atoms with van der Waals surface area (Å²) in [5.41, 5.74) is 3.23. The Morgan fingerprint density at radius 3 is 2.58 bits per heavy atom. The van der Waals surface area contributed by atoms with Crippen LogP contribution in [-0.4, -0.2) is 40.8 Å². The van der Waals surface area contributed by atoms with Gasteiger partial charge in [0.25, 0.3) is 0 Å². The third-order valence-corrected chi connectivity index (χ3v) is 3.84. The maximum atomic E-state index is 5.62. The van der Waals surface area contributed by atoms with Gasteiger partial charge in [-0.1, -0.05) is 12.1 Å². The summed E-state index contributed by atoms with van der Waals surface area (Å²) in [5, 5.41) is 6.61. The lowest BCUT2D eigenvalue weighted by atomic mass is 10.2. The molecule has 0 saturated heterocycles. The predicted octanol–water partition coefficient (Wildman–Crippen LogP) is 3.35. The van der Waals surface area contributed by atoms with Gasteiger partial charge in [-0.2, -0.15) is 0 Å². The van der Waals surface area contributed by atoms with Crippen molar-refractivity contribution in [1.82, 2.24) is 5.32 Å². The Hall–Kier alpha value is -2.89. The first kappa shape index (κ1) is 19.4. The lowest BCUT2D eigenvalue weighted by Crippen LogP contribution is -2.30. The van der Waals surface area contributed by atoms with Gasteiger partial charge in [-0.15, -0.1) is 0 Å². The van der Waals surface area contributed by atoms with Gasteiger partial charge in [0.05, 0.1) is 13.7 Å². The molecule has 0 fully saturated rings. The summed E-state index contributed by atoms with van der Waals surface area (Å²) >= 11 is 0. The van der Waals surface area contributed by atoms with Gasteiger partial charge in [-0.05, 0) is 36.8 Å². The van der Waals surface area contributed by atoms with Crippen LogP contribution in [0.5, 0.6) is 11.5 Å². The Morgan fingerprint density at radius 1 is 1.12 bits per heavy atom. The molecule has 0 spiro atoms. The van der Waals surface area contributed by atoms with Gasteiger partial charge in [-0.25, -0.2) is 0 Å². The molecule has 0 unspecified atom stereocenters. The molecule has 0 heterocycles. The Kier molecular flexibility index (Phi) is 7.14. The van der Waals surface area contributed by atoms with Crippen LogP contribution in [0, 0.1) is 0 Å². The van der Waals surface area contributed by atoms with E-state index in [4.69, 9.17) is 9.47 Å². The normalized spacial score (nSPS) is 11.0. The van der Waals surface area contributed by atoms with Crippen LogP contribution in [0.2, 0.25) is 0 Å². The number of rotatable bonds is 7. The second-order valence-electron chi connectivity index (χ2n) is 5.91. The molecule has 0 radical (unpaired) electrons. The average Bonchev–Trinajstić information content (AvgIpc) is 2.65. The Labute approximate surface area is 155 Å². The lowest BCUT2D eigenvalue weighted by Gasteiger charge is -2.16. The molecule has 140 valence electrons. The number of benzene rings is 2. The molecule has 0 atom stereocenters. The maximum absolute atomic E-state index is 5.62. The fraction of sp³-hybridized carbons (Fsp3) is 0.350. The average molecular weight is 356 g/mol. The molecule has 0 aliphatic carbocycles. The number of nitrogens with one attached hydrogen (secondary N) is 2. The number of guanidine groups is 1. The van der Waals surface area contributed by atoms with E-state index >= 15 is 0 Å². The molecule has 2 N–H and O–H groups in total. The smallest absolute Gasteiger partial charge is 0.195 e. The Bertz CT molecular complexity index is 744. The van der Waals surface area contributed by atoms with Crippen molar-refractivity contribution in [3.05, 3.63) is 48.0 Å². The van der Waals surface area contributed by atoms with Crippen molar-refractivity contribution in [1.29, 1.82) is 0 Å². The fourth-order valence-corrected chi connectivity index (χ4v) is 2.47. The van der Waals surface area contributed by atoms with Crippen molar-refractivity contribution < 1.29 is 9.47 Å². The van der Waals surface area contributed by atoms with E-state index in [1.807, 2.05) is 39.2 Å². The van der Waals surface area contributed by atoms with E-state index in [2.05, 4.69) is 44.8 Å². The minimum Gasteiger partial charge on any atom is -0.493 e. The zero-order valence-corrected chi connectivity index (χ0v) is 16.2. The van der Waals surface area contributed by atoms with Crippen molar-refractivity contribution in [3.8, 4) is 11.5 Å². The van der Waals surface area contributed by atoms with Crippen molar-refractivity contribution >= 4 is 17.3 Å². The van der Waals surface area contributed by atoms with Gasteiger partial charge < -0.3 is 25.0 Å². The van der Waals surface area contributed by atoms with E-state index in [0.29, 0.717) is 30.6 Å². The van der Waals surface area contributed by atoms with Crippen molar-refractivity contribution in [2.75, 3.05) is 45.1 Å². The van der Waals surface area contributed by atoms with Gasteiger partial charge in [0.15, 0.2) is 17.5 Å². The maximum Gasteiger partial charge on any atom is 0.195 e. The molecule has 0 aliphatic rings. The first-order chi connectivity index (χ1) is 12.6. The van der Waals surface area contributed by atoms with Gasteiger partial charge in [0.1, 0.15) is 0 Å². The summed E-state index contributed by atoms with van der Waals surface area (Å²) in [5.74, 6) is 2.10. The minimum atomic E-state index is 0.578. The fourth-order valence-electron chi connectivity index (χ4n) is 2.47. The van der Waals surface area contributed by atoms with Crippen LogP contribution in [0.4, 0.5) is 11.4 Å². The summed E-state index contributed by atoms with van der Waals surface area (Å²) in [4.78, 5) is 6.37. The molecule has 0 amide bonds. The van der Waals surface area contributed by atoms with Crippen LogP contribution in [0.1, 0.15) is 12.5 Å². The van der Waals surface area contributed by atoms with Crippen LogP contribution in [0.25, 0.3) is 0 Å². The minimum absolute atomic E-state index is 0.578. The van der Waals surface area contributed by atoms with Crippen LogP contribution in [0.15, 0.2) is 47.5 Å². The van der Waals surface area contributed by atoms with Crippen LogP contribution < -0.4 is 25.0 Å². The van der Waals surface area contributed by atoms with Crippen molar-refractivity contribution in [2.24, 2.45) is 4.99 Å². The van der Waals surface area contributed by atoms with E-state index in [1.54, 1.807) is 14.2 Å². The molecule has 0 bridgehead atoms. The summed E-state index contributed by atoms with van der Waals surface area (Å²) in [7, 11) is 7.45. The quantitative estimate of drug-likeness (QED) is 0.589. The van der Waals surface area contributed by atoms with E-state index in [1.165, 1.54) is 11.3 Å². The Morgan fingerprint density at radius 2 is 1.92 bits per heavy atom. The lowest BCUT2D eigenvalue weighted by molar-refractivity contribution is 0.311. The van der Waals surface area contributed by atoms with Crippen LogP contribution in [0.3, 0.4) is 0 Å². The van der Waals surface area contributed by atoms with E-state index in [-0.39, 0.29) is 0 Å². The molecule has 0 saturated carbocycles. The highest BCUT2D eigenvalue weighted by atomic mass is 16.5. The van der Waals surface area contributed by atoms with Gasteiger partial charge in [-0.3, -0.25) is 4.99 Å². The molecule has 2 rings (SSSR count). The van der Waals surface area contributed by atoms with E-state index in [0.717, 1.165) is 5.69 Å². The molecule has 0 aliphatic heterocycles. The molecule has 26 heavy (non-hydrogen) atoms. The van der Waals surface area contributed by atoms with E-state index < -0.39 is 0 Å². The number of hydrogen-bond donors (Lipinski definition) is 2. The molecule has 6 nitrogen and oxygen atoms in total. The standard InChI is InChI=1S/C20H28N4O2/c1-6-26-19-13-16(10-11-18(19)25-5)23-20(21-2)22-14-15-8-7-9-17(12-15)24(3)4/h7-13H,6,14H2,1-5H3,(H2,21,22,23). The number of ether oxygens (including phenoxy) is 2. The molecular weight excluding hydrogens is 328 g/mol. The molecule has 0 aromatic heterocycles. The molecule has 2 aromatic rings. The number of anilines is 2. The van der Waals surface area contributed by atoms with Gasteiger partial charge >= 0.3 is 0 Å². The second-order valence-corrected chi connectivity index (χ2v) is 5.91. The molecular formula is C20H28N4O2. The van der Waals surface area contributed by atoms with Crippen LogP contribution >= 0.6 is 0 Å². The second kappa shape index (κ2) is 9.56. The third-order valence-electron chi connectivity index (χ3n) is 3.84. The summed E-state index contributed by atoms with van der Waals surface area (Å²) < 4.78 is 10.9. The first-order valence-corrected chi connectivity index (χ1v) is 8.62. The predicted molar refractivity (Wildman–Crippen MR) is 109 cm³/mol. The zero-order valence-electron chi connectivity index (χ0n) is 16.2. The SMILES string of the molecule is CCOc1cc(NC(=NC)NCc2cccc(N(C)C)c2)ccc1OC. The highest BCUT2D eigenvalue weighted by Gasteiger charge is 2.07. The highest BCUT2D eigenvalue weighted by Crippen LogP contribution is 2.30. The van der Waals surface area contributed by atoms with Crippen molar-refractivity contribution in [3.63, 3.8) is 0 Å². The highest BCUT2D eigenvalue weighted by molar-refractivity contribution is 5.93. The number of aliphatic imine (C=N–C) groups is 1. The van der Waals surface area contributed by atoms with Crippen molar-refractivity contribution in [2.45, 2.75) is 13.5 Å². The number of nitrogens with zero attached hydrogens (tertiary/aromatic N) is 2. The van der Waals surface area contributed by atoms with Gasteiger partial charge in [0.2, 0.25) is 0 Å². The summed E-state index contributed by atoms with van der Waals surface area (Å²) in [6.07, 6.45) is 0. The molecule has 6 heteroatoms. The Balaban J connectivity index is 2.04. The van der Waals surface area contributed by atoms with E-state index in [9.17, 15) is 0 Å². The topological polar surface area (TPSA) is 58.1 Å². The monoisotopic (exact) mass is 356 g/mol. The number of hydrogen-bond acceptors (Lipinski definition) is 4. The summed E-state index contributed by atoms with van der Waals surface area (Å²) in [6, 6.07) is 14.1. The van der Waals surface area contributed by atoms with Gasteiger partial charge in [0, 0.05) is 45.1 Å². The summed E-state index contributed by atoms with van der Waals surface area (Å²) in [6.45, 7) is 3.20. The number of methoxy groups -OCH3 is 1. The largest absolute Gasteiger partial charge is 0.493 e. The van der Waals surface area contributed by atoms with Crippen LogP contribution in [-0.2, 0) is 6.54 Å². The third kappa shape index (κ3) is 5.31.